The first-order valence-electron chi connectivity index (χ1n) is 4.26. The van der Waals surface area contributed by atoms with Gasteiger partial charge in [-0.25, -0.2) is 0 Å². The van der Waals surface area contributed by atoms with Gasteiger partial charge in [-0.05, 0) is 13.3 Å². The standard InChI is InChI=1S/C11H16NP/c1-12(2)9-10-7-5-6-8-11(10)13(3)4/h5-9H,1H2,2-4H3. The van der Waals surface area contributed by atoms with E-state index in [-0.39, 0.29) is 7.92 Å². The first-order valence-corrected chi connectivity index (χ1v) is 6.49. The molecule has 1 aromatic carbocycles. The first-order chi connectivity index (χ1) is 6.11. The monoisotopic (exact) mass is 193 g/mol. The van der Waals surface area contributed by atoms with Crippen molar-refractivity contribution in [1.29, 1.82) is 0 Å². The largest absolute Gasteiger partial charge is 0.293 e. The number of rotatable bonds is 3. The van der Waals surface area contributed by atoms with Crippen molar-refractivity contribution in [3.05, 3.63) is 36.4 Å². The van der Waals surface area contributed by atoms with Gasteiger partial charge in [0, 0.05) is 0 Å². The molecule has 0 bridgehead atoms. The Morgan fingerprint density at radius 3 is 2.46 bits per heavy atom. The summed E-state index contributed by atoms with van der Waals surface area (Å²) in [6.07, 6.45) is 0. The summed E-state index contributed by atoms with van der Waals surface area (Å²) in [5.74, 6) is 0. The zero-order chi connectivity index (χ0) is 9.84. The molecule has 0 spiro atoms. The lowest BCUT2D eigenvalue weighted by molar-refractivity contribution is -0.438. The van der Waals surface area contributed by atoms with E-state index in [4.69, 9.17) is 0 Å². The van der Waals surface area contributed by atoms with Gasteiger partial charge >= 0.3 is 0 Å². The molecule has 70 valence electrons. The highest BCUT2D eigenvalue weighted by molar-refractivity contribution is 7.64. The van der Waals surface area contributed by atoms with Crippen LogP contribution in [0, 0.1) is 6.54 Å². The van der Waals surface area contributed by atoms with Crippen LogP contribution < -0.4 is 5.30 Å². The predicted molar refractivity (Wildman–Crippen MR) is 61.6 cm³/mol. The molecule has 0 N–H and O–H groups in total. The van der Waals surface area contributed by atoms with E-state index in [2.05, 4.69) is 50.9 Å². The van der Waals surface area contributed by atoms with E-state index >= 15 is 0 Å². The molecule has 0 unspecified atom stereocenters. The highest BCUT2D eigenvalue weighted by Crippen LogP contribution is 2.25. The Morgan fingerprint density at radius 2 is 1.92 bits per heavy atom. The number of nitrogens with zero attached hydrogens (tertiary/aromatic N) is 1. The predicted octanol–water partition coefficient (Wildman–Crippen LogP) is 1.91. The van der Waals surface area contributed by atoms with Gasteiger partial charge in [-0.1, -0.05) is 23.0 Å². The molecule has 0 aliphatic heterocycles. The molecule has 1 aromatic rings. The van der Waals surface area contributed by atoms with Crippen molar-refractivity contribution in [2.24, 2.45) is 0 Å². The smallest absolute Gasteiger partial charge is 0.120 e. The van der Waals surface area contributed by atoms with Crippen molar-refractivity contribution in [3.63, 3.8) is 0 Å². The van der Waals surface area contributed by atoms with Gasteiger partial charge in [0.2, 0.25) is 0 Å². The van der Waals surface area contributed by atoms with Gasteiger partial charge in [0.05, 0.1) is 13.3 Å². The summed E-state index contributed by atoms with van der Waals surface area (Å²) in [7, 11) is 1.92. The number of hydrogen-bond donors (Lipinski definition) is 0. The third kappa shape index (κ3) is 2.86. The maximum atomic E-state index is 3.82. The zero-order valence-corrected chi connectivity index (χ0v) is 9.38. The van der Waals surface area contributed by atoms with Crippen molar-refractivity contribution in [3.8, 4) is 0 Å². The van der Waals surface area contributed by atoms with Gasteiger partial charge in [0.25, 0.3) is 0 Å². The minimum Gasteiger partial charge on any atom is -0.293 e. The number of benzene rings is 1. The van der Waals surface area contributed by atoms with Crippen LogP contribution in [0.25, 0.3) is 0 Å². The molecular formula is C11H16NP. The lowest BCUT2D eigenvalue weighted by Gasteiger charge is -2.16. The quantitative estimate of drug-likeness (QED) is 0.298. The van der Waals surface area contributed by atoms with Crippen LogP contribution in [0.5, 0.6) is 0 Å². The summed E-state index contributed by atoms with van der Waals surface area (Å²) >= 11 is 0. The van der Waals surface area contributed by atoms with Gasteiger partial charge in [-0.2, -0.15) is 0 Å². The summed E-state index contributed by atoms with van der Waals surface area (Å²) in [6, 6.07) is 8.50. The normalized spacial score (nSPS) is 10.2. The van der Waals surface area contributed by atoms with Crippen molar-refractivity contribution < 1.29 is 4.58 Å². The molecule has 0 aliphatic carbocycles. The summed E-state index contributed by atoms with van der Waals surface area (Å²) in [5, 5.41) is 1.44. The second-order valence-electron chi connectivity index (χ2n) is 3.34. The number of hydrogen-bond acceptors (Lipinski definition) is 0. The highest BCUT2D eigenvalue weighted by Gasteiger charge is 2.00. The highest BCUT2D eigenvalue weighted by atomic mass is 31.1. The van der Waals surface area contributed by atoms with Crippen LogP contribution in [0.1, 0.15) is 5.56 Å². The Hall–Kier alpha value is -0.810. The second kappa shape index (κ2) is 4.43. The molecule has 0 fully saturated rings. The molecule has 1 rings (SSSR count). The maximum Gasteiger partial charge on any atom is 0.120 e. The molecule has 0 aliphatic rings. The fourth-order valence-corrected chi connectivity index (χ4v) is 2.27. The van der Waals surface area contributed by atoms with Gasteiger partial charge < -0.3 is 0 Å². The Morgan fingerprint density at radius 1 is 1.31 bits per heavy atom. The lowest BCUT2D eigenvalue weighted by atomic mass is 10.2. The Labute approximate surface area is 81.9 Å². The van der Waals surface area contributed by atoms with Crippen LogP contribution in [0.4, 0.5) is 0 Å². The van der Waals surface area contributed by atoms with Crippen LogP contribution >= 0.6 is 7.92 Å². The Kier molecular flexibility index (Phi) is 3.50. The molecule has 1 nitrogen and oxygen atoms in total. The Balaban J connectivity index is 2.97. The summed E-state index contributed by atoms with van der Waals surface area (Å²) < 4.78 is 1.84. The van der Waals surface area contributed by atoms with Crippen molar-refractivity contribution in [2.75, 3.05) is 20.4 Å². The van der Waals surface area contributed by atoms with Crippen LogP contribution in [-0.4, -0.2) is 31.7 Å². The molecule has 2 heteroatoms. The molecule has 0 radical (unpaired) electrons. The van der Waals surface area contributed by atoms with Gasteiger partial charge in [0.1, 0.15) is 7.05 Å². The molecule has 13 heavy (non-hydrogen) atoms. The topological polar surface area (TPSA) is 3.01 Å². The second-order valence-corrected chi connectivity index (χ2v) is 5.61. The van der Waals surface area contributed by atoms with Crippen LogP contribution in [0.3, 0.4) is 0 Å². The average molecular weight is 193 g/mol. The molecule has 0 saturated carbocycles. The van der Waals surface area contributed by atoms with Crippen LogP contribution in [0.15, 0.2) is 24.3 Å². The van der Waals surface area contributed by atoms with E-state index in [0.717, 1.165) is 0 Å². The van der Waals surface area contributed by atoms with E-state index in [1.54, 1.807) is 0 Å². The summed E-state index contributed by atoms with van der Waals surface area (Å²) in [6.45, 7) is 10.4. The third-order valence-electron chi connectivity index (χ3n) is 1.78. The van der Waals surface area contributed by atoms with Crippen molar-refractivity contribution in [2.45, 2.75) is 0 Å². The molecule has 0 saturated heterocycles. The van der Waals surface area contributed by atoms with Crippen LogP contribution in [-0.2, 0) is 0 Å². The first kappa shape index (κ1) is 10.3. The zero-order valence-electron chi connectivity index (χ0n) is 8.49. The van der Waals surface area contributed by atoms with Gasteiger partial charge in [0.15, 0.2) is 0 Å². The van der Waals surface area contributed by atoms with E-state index in [1.165, 1.54) is 10.9 Å². The summed E-state index contributed by atoms with van der Waals surface area (Å²) in [5.41, 5.74) is 1.29. The third-order valence-corrected chi connectivity index (χ3v) is 3.15. The minimum atomic E-state index is -0.0327. The fraction of sp³-hybridized carbons (Fsp3) is 0.273. The van der Waals surface area contributed by atoms with E-state index in [9.17, 15) is 0 Å². The minimum absolute atomic E-state index is 0.0327. The SMILES string of the molecule is C=[N+](C)[CH-]c1ccccc1P(C)C. The maximum absolute atomic E-state index is 3.82. The average Bonchev–Trinajstić information content (AvgIpc) is 2.03. The van der Waals surface area contributed by atoms with E-state index in [0.29, 0.717) is 0 Å². The lowest BCUT2D eigenvalue weighted by Crippen LogP contribution is -2.10. The fourth-order valence-electron chi connectivity index (χ4n) is 1.24. The summed E-state index contributed by atoms with van der Waals surface area (Å²) in [4.78, 5) is 0. The van der Waals surface area contributed by atoms with E-state index in [1.807, 2.05) is 11.6 Å². The molecule has 0 amide bonds. The van der Waals surface area contributed by atoms with Crippen molar-refractivity contribution in [1.82, 2.24) is 0 Å². The van der Waals surface area contributed by atoms with E-state index < -0.39 is 0 Å². The Bertz CT molecular complexity index is 305. The van der Waals surface area contributed by atoms with Gasteiger partial charge in [-0.3, -0.25) is 4.58 Å². The van der Waals surface area contributed by atoms with Crippen molar-refractivity contribution >= 4 is 19.9 Å². The van der Waals surface area contributed by atoms with Gasteiger partial charge in [-0.15, -0.1) is 20.1 Å². The molecule has 0 aromatic heterocycles. The molecule has 0 heterocycles. The molecular weight excluding hydrogens is 177 g/mol. The van der Waals surface area contributed by atoms with Crippen LogP contribution in [0.2, 0.25) is 0 Å². The molecule has 0 atom stereocenters.